The number of rotatable bonds is 7. The number of halogens is 1. The quantitative estimate of drug-likeness (QED) is 0.598. The average molecular weight is 381 g/mol. The van der Waals surface area contributed by atoms with E-state index in [4.69, 9.17) is 9.47 Å². The van der Waals surface area contributed by atoms with Crippen LogP contribution in [0.3, 0.4) is 0 Å². The van der Waals surface area contributed by atoms with Gasteiger partial charge in [-0.05, 0) is 74.4 Å². The third kappa shape index (κ3) is 4.67. The van der Waals surface area contributed by atoms with Crippen LogP contribution in [0.2, 0.25) is 0 Å². The van der Waals surface area contributed by atoms with Gasteiger partial charge in [-0.25, -0.2) is 9.37 Å². The third-order valence-electron chi connectivity index (χ3n) is 4.42. The van der Waals surface area contributed by atoms with Crippen LogP contribution in [0.15, 0.2) is 54.6 Å². The van der Waals surface area contributed by atoms with Crippen molar-refractivity contribution in [1.29, 1.82) is 0 Å². The summed E-state index contributed by atoms with van der Waals surface area (Å²) in [6.07, 6.45) is -0.461. The molecular formula is C23H24FNO3. The summed E-state index contributed by atoms with van der Waals surface area (Å²) < 4.78 is 26.0. The molecule has 1 aromatic heterocycles. The van der Waals surface area contributed by atoms with Crippen LogP contribution in [0, 0.1) is 19.7 Å². The second kappa shape index (κ2) is 8.85. The van der Waals surface area contributed by atoms with Crippen LogP contribution in [-0.4, -0.2) is 23.3 Å². The van der Waals surface area contributed by atoms with E-state index in [9.17, 15) is 9.50 Å². The fourth-order valence-corrected chi connectivity index (χ4v) is 2.88. The molecule has 1 atom stereocenters. The topological polar surface area (TPSA) is 51.6 Å². The molecule has 0 fully saturated rings. The maximum absolute atomic E-state index is 14.4. The number of phenolic OH excluding ortho intramolecular Hbond substituents is 1. The molecule has 0 spiro atoms. The van der Waals surface area contributed by atoms with Crippen LogP contribution < -0.4 is 4.74 Å². The molecule has 0 amide bonds. The Morgan fingerprint density at radius 3 is 2.61 bits per heavy atom. The van der Waals surface area contributed by atoms with Crippen molar-refractivity contribution in [2.45, 2.75) is 26.9 Å². The van der Waals surface area contributed by atoms with Crippen molar-refractivity contribution in [3.63, 3.8) is 0 Å². The molecule has 4 nitrogen and oxygen atoms in total. The lowest BCUT2D eigenvalue weighted by molar-refractivity contribution is 0.0540. The number of aromatic nitrogens is 1. The molecule has 0 radical (unpaired) electrons. The minimum Gasteiger partial charge on any atom is -0.508 e. The third-order valence-corrected chi connectivity index (χ3v) is 4.42. The van der Waals surface area contributed by atoms with Crippen LogP contribution in [-0.2, 0) is 4.74 Å². The Balaban J connectivity index is 1.92. The lowest BCUT2D eigenvalue weighted by Gasteiger charge is -2.20. The van der Waals surface area contributed by atoms with Crippen molar-refractivity contribution in [3.05, 3.63) is 77.2 Å². The minimum atomic E-state index is -0.461. The van der Waals surface area contributed by atoms with E-state index >= 15 is 0 Å². The molecule has 5 heteroatoms. The molecule has 3 rings (SSSR count). The number of hydrogen-bond acceptors (Lipinski definition) is 4. The van der Waals surface area contributed by atoms with Crippen LogP contribution >= 0.6 is 0 Å². The second-order valence-electron chi connectivity index (χ2n) is 6.65. The summed E-state index contributed by atoms with van der Waals surface area (Å²) in [6.45, 7) is 6.42. The van der Waals surface area contributed by atoms with Crippen molar-refractivity contribution >= 4 is 0 Å². The summed E-state index contributed by atoms with van der Waals surface area (Å²) in [5.41, 5.74) is 3.22. The van der Waals surface area contributed by atoms with Crippen LogP contribution in [0.25, 0.3) is 11.3 Å². The van der Waals surface area contributed by atoms with Gasteiger partial charge in [0.05, 0.1) is 18.0 Å². The summed E-state index contributed by atoms with van der Waals surface area (Å²) in [7, 11) is 0. The van der Waals surface area contributed by atoms with E-state index in [1.54, 1.807) is 37.3 Å². The van der Waals surface area contributed by atoms with Gasteiger partial charge < -0.3 is 14.6 Å². The Morgan fingerprint density at radius 1 is 1.07 bits per heavy atom. The van der Waals surface area contributed by atoms with Gasteiger partial charge in [0.1, 0.15) is 17.3 Å². The standard InChI is InChI=1S/C23H24FNO3/c1-4-27-14-23(28-17-9-11-22(26)16(3)13-17)21-7-5-6-20(25-21)18-10-8-15(2)12-19(18)24/h5-13,23,26H,4,14H2,1-3H3/t23-/m0/s1. The highest BCUT2D eigenvalue weighted by molar-refractivity contribution is 5.60. The fourth-order valence-electron chi connectivity index (χ4n) is 2.88. The number of aromatic hydroxyl groups is 1. The summed E-state index contributed by atoms with van der Waals surface area (Å²) in [6, 6.07) is 15.6. The van der Waals surface area contributed by atoms with Gasteiger partial charge in [0, 0.05) is 12.2 Å². The molecule has 1 N–H and O–H groups in total. The number of hydrogen-bond donors (Lipinski definition) is 1. The molecule has 0 unspecified atom stereocenters. The summed E-state index contributed by atoms with van der Waals surface area (Å²) in [4.78, 5) is 4.63. The Morgan fingerprint density at radius 2 is 1.89 bits per heavy atom. The van der Waals surface area contributed by atoms with Crippen molar-refractivity contribution in [2.24, 2.45) is 0 Å². The van der Waals surface area contributed by atoms with E-state index in [0.29, 0.717) is 35.9 Å². The number of phenols is 1. The molecule has 0 saturated carbocycles. The van der Waals surface area contributed by atoms with E-state index in [1.165, 1.54) is 6.07 Å². The van der Waals surface area contributed by atoms with E-state index in [2.05, 4.69) is 4.98 Å². The van der Waals surface area contributed by atoms with Gasteiger partial charge in [-0.2, -0.15) is 0 Å². The Hall–Kier alpha value is -2.92. The first-order chi connectivity index (χ1) is 13.5. The van der Waals surface area contributed by atoms with Gasteiger partial charge in [0.15, 0.2) is 6.10 Å². The molecule has 146 valence electrons. The summed E-state index contributed by atoms with van der Waals surface area (Å²) in [5.74, 6) is 0.512. The maximum atomic E-state index is 14.4. The van der Waals surface area contributed by atoms with Gasteiger partial charge >= 0.3 is 0 Å². The van der Waals surface area contributed by atoms with Gasteiger partial charge in [-0.15, -0.1) is 0 Å². The van der Waals surface area contributed by atoms with E-state index in [1.807, 2.05) is 32.0 Å². The number of pyridine rings is 1. The lowest BCUT2D eigenvalue weighted by Crippen LogP contribution is -2.16. The van der Waals surface area contributed by atoms with Crippen LogP contribution in [0.1, 0.15) is 29.8 Å². The number of ether oxygens (including phenoxy) is 2. The highest BCUT2D eigenvalue weighted by Crippen LogP contribution is 2.28. The number of benzene rings is 2. The van der Waals surface area contributed by atoms with Crippen molar-refractivity contribution in [2.75, 3.05) is 13.2 Å². The summed E-state index contributed by atoms with van der Waals surface area (Å²) >= 11 is 0. The zero-order valence-corrected chi connectivity index (χ0v) is 16.3. The Kier molecular flexibility index (Phi) is 6.26. The Bertz CT molecular complexity index is 958. The molecule has 0 bridgehead atoms. The van der Waals surface area contributed by atoms with E-state index in [-0.39, 0.29) is 11.6 Å². The monoisotopic (exact) mass is 381 g/mol. The molecule has 0 aliphatic heterocycles. The largest absolute Gasteiger partial charge is 0.508 e. The van der Waals surface area contributed by atoms with Gasteiger partial charge in [-0.1, -0.05) is 12.1 Å². The van der Waals surface area contributed by atoms with E-state index < -0.39 is 6.10 Å². The zero-order valence-electron chi connectivity index (χ0n) is 16.3. The predicted molar refractivity (Wildman–Crippen MR) is 107 cm³/mol. The fraction of sp³-hybridized carbons (Fsp3) is 0.261. The van der Waals surface area contributed by atoms with Gasteiger partial charge in [0.25, 0.3) is 0 Å². The zero-order chi connectivity index (χ0) is 20.1. The van der Waals surface area contributed by atoms with Crippen molar-refractivity contribution in [3.8, 4) is 22.8 Å². The molecule has 1 heterocycles. The normalized spacial score (nSPS) is 12.0. The lowest BCUT2D eigenvalue weighted by atomic mass is 10.1. The first-order valence-corrected chi connectivity index (χ1v) is 9.25. The SMILES string of the molecule is CCOC[C@H](Oc1ccc(O)c(C)c1)c1cccc(-c2ccc(C)cc2F)n1. The van der Waals surface area contributed by atoms with Crippen LogP contribution in [0.4, 0.5) is 4.39 Å². The van der Waals surface area contributed by atoms with Crippen molar-refractivity contribution < 1.29 is 19.0 Å². The van der Waals surface area contributed by atoms with Crippen molar-refractivity contribution in [1.82, 2.24) is 4.98 Å². The first kappa shape index (κ1) is 19.8. The molecule has 28 heavy (non-hydrogen) atoms. The molecule has 0 aliphatic carbocycles. The maximum Gasteiger partial charge on any atom is 0.164 e. The van der Waals surface area contributed by atoms with Crippen LogP contribution in [0.5, 0.6) is 11.5 Å². The highest BCUT2D eigenvalue weighted by atomic mass is 19.1. The number of nitrogens with zero attached hydrogens (tertiary/aromatic N) is 1. The average Bonchev–Trinajstić information content (AvgIpc) is 2.68. The van der Waals surface area contributed by atoms with Gasteiger partial charge in [0.2, 0.25) is 0 Å². The van der Waals surface area contributed by atoms with E-state index in [0.717, 1.165) is 11.1 Å². The molecule has 3 aromatic rings. The smallest absolute Gasteiger partial charge is 0.164 e. The first-order valence-electron chi connectivity index (χ1n) is 9.25. The molecular weight excluding hydrogens is 357 g/mol. The number of aryl methyl sites for hydroxylation is 2. The van der Waals surface area contributed by atoms with Gasteiger partial charge in [-0.3, -0.25) is 0 Å². The second-order valence-corrected chi connectivity index (χ2v) is 6.65. The molecule has 0 aliphatic rings. The molecule has 2 aromatic carbocycles. The minimum absolute atomic E-state index is 0.212. The molecule has 0 saturated heterocycles. The highest BCUT2D eigenvalue weighted by Gasteiger charge is 2.18. The Labute approximate surface area is 164 Å². The summed E-state index contributed by atoms with van der Waals surface area (Å²) in [5, 5.41) is 9.72. The predicted octanol–water partition coefficient (Wildman–Crippen LogP) is 5.37.